The van der Waals surface area contributed by atoms with Crippen LogP contribution in [0, 0.1) is 10.1 Å². The van der Waals surface area contributed by atoms with Crippen LogP contribution in [-0.4, -0.2) is 30.8 Å². The second-order valence-electron chi connectivity index (χ2n) is 5.74. The van der Waals surface area contributed by atoms with Crippen LogP contribution in [0.5, 0.6) is 5.75 Å². The number of nitro benzene ring substituents is 1. The number of hydrogen-bond acceptors (Lipinski definition) is 5. The number of ether oxygens (including phenoxy) is 1. The number of sulfonamides is 1. The van der Waals surface area contributed by atoms with Crippen LogP contribution in [0.1, 0.15) is 19.4 Å². The highest BCUT2D eigenvalue weighted by Crippen LogP contribution is 2.24. The van der Waals surface area contributed by atoms with Gasteiger partial charge >= 0.3 is 0 Å². The molecule has 0 N–H and O–H groups in total. The molecular formula is C17H20N2O5S. The number of rotatable bonds is 7. The topological polar surface area (TPSA) is 89.8 Å². The first-order valence-electron chi connectivity index (χ1n) is 7.65. The van der Waals surface area contributed by atoms with E-state index in [-0.39, 0.29) is 23.2 Å². The van der Waals surface area contributed by atoms with Crippen LogP contribution in [0.25, 0.3) is 0 Å². The Morgan fingerprint density at radius 3 is 2.08 bits per heavy atom. The first-order chi connectivity index (χ1) is 11.8. The number of nitrogens with zero attached hydrogens (tertiary/aromatic N) is 2. The minimum absolute atomic E-state index is 0.0281. The van der Waals surface area contributed by atoms with Gasteiger partial charge in [-0.2, -0.15) is 4.31 Å². The number of methoxy groups -OCH3 is 1. The van der Waals surface area contributed by atoms with Gasteiger partial charge in [0.05, 0.1) is 16.9 Å². The summed E-state index contributed by atoms with van der Waals surface area (Å²) >= 11 is 0. The van der Waals surface area contributed by atoms with Gasteiger partial charge in [0.15, 0.2) is 0 Å². The van der Waals surface area contributed by atoms with Gasteiger partial charge in [0, 0.05) is 24.7 Å². The average Bonchev–Trinajstić information content (AvgIpc) is 2.59. The maximum Gasteiger partial charge on any atom is 0.269 e. The molecule has 0 unspecified atom stereocenters. The molecule has 0 atom stereocenters. The minimum Gasteiger partial charge on any atom is -0.497 e. The summed E-state index contributed by atoms with van der Waals surface area (Å²) in [4.78, 5) is 10.2. The van der Waals surface area contributed by atoms with E-state index in [9.17, 15) is 18.5 Å². The van der Waals surface area contributed by atoms with Crippen molar-refractivity contribution in [2.45, 2.75) is 31.3 Å². The summed E-state index contributed by atoms with van der Waals surface area (Å²) < 4.78 is 32.3. The first-order valence-corrected chi connectivity index (χ1v) is 9.09. The SMILES string of the molecule is COc1ccc(CN(C(C)C)S(=O)(=O)c2ccc([N+](=O)[O-])cc2)cc1. The molecule has 2 aromatic rings. The molecule has 0 heterocycles. The molecule has 0 saturated carbocycles. The third kappa shape index (κ3) is 4.34. The maximum atomic E-state index is 12.9. The second-order valence-corrected chi connectivity index (χ2v) is 7.63. The Kier molecular flexibility index (Phi) is 5.76. The van der Waals surface area contributed by atoms with Gasteiger partial charge in [-0.3, -0.25) is 10.1 Å². The molecular weight excluding hydrogens is 344 g/mol. The largest absolute Gasteiger partial charge is 0.497 e. The molecule has 7 nitrogen and oxygen atoms in total. The molecule has 134 valence electrons. The molecule has 0 spiro atoms. The molecule has 0 fully saturated rings. The molecule has 0 aliphatic heterocycles. The maximum absolute atomic E-state index is 12.9. The van der Waals surface area contributed by atoms with Crippen LogP contribution in [-0.2, 0) is 16.6 Å². The van der Waals surface area contributed by atoms with Crippen molar-refractivity contribution in [3.63, 3.8) is 0 Å². The Balaban J connectivity index is 2.31. The summed E-state index contributed by atoms with van der Waals surface area (Å²) in [5.74, 6) is 0.693. The summed E-state index contributed by atoms with van der Waals surface area (Å²) in [5, 5.41) is 10.7. The fourth-order valence-corrected chi connectivity index (χ4v) is 3.96. The lowest BCUT2D eigenvalue weighted by atomic mass is 10.2. The van der Waals surface area contributed by atoms with Crippen molar-refractivity contribution < 1.29 is 18.1 Å². The van der Waals surface area contributed by atoms with Crippen molar-refractivity contribution >= 4 is 15.7 Å². The molecule has 2 aromatic carbocycles. The van der Waals surface area contributed by atoms with Gasteiger partial charge in [-0.05, 0) is 43.7 Å². The van der Waals surface area contributed by atoms with E-state index >= 15 is 0 Å². The summed E-state index contributed by atoms with van der Waals surface area (Å²) in [6.07, 6.45) is 0. The standard InChI is InChI=1S/C17H20N2O5S/c1-13(2)18(12-14-4-8-16(24-3)9-5-14)25(22,23)17-10-6-15(7-11-17)19(20)21/h4-11,13H,12H2,1-3H3. The Hall–Kier alpha value is -2.45. The predicted molar refractivity (Wildman–Crippen MR) is 94.0 cm³/mol. The zero-order valence-electron chi connectivity index (χ0n) is 14.2. The van der Waals surface area contributed by atoms with E-state index in [0.29, 0.717) is 5.75 Å². The van der Waals surface area contributed by atoms with Crippen molar-refractivity contribution in [1.82, 2.24) is 4.31 Å². The third-order valence-electron chi connectivity index (χ3n) is 3.73. The zero-order chi connectivity index (χ0) is 18.6. The van der Waals surface area contributed by atoms with Crippen molar-refractivity contribution in [2.75, 3.05) is 7.11 Å². The fourth-order valence-electron chi connectivity index (χ4n) is 2.33. The third-order valence-corrected chi connectivity index (χ3v) is 5.76. The van der Waals surface area contributed by atoms with E-state index in [2.05, 4.69) is 0 Å². The van der Waals surface area contributed by atoms with Crippen molar-refractivity contribution in [1.29, 1.82) is 0 Å². The lowest BCUT2D eigenvalue weighted by Gasteiger charge is -2.26. The highest BCUT2D eigenvalue weighted by molar-refractivity contribution is 7.89. The van der Waals surface area contributed by atoms with Crippen molar-refractivity contribution in [2.24, 2.45) is 0 Å². The zero-order valence-corrected chi connectivity index (χ0v) is 15.1. The van der Waals surface area contributed by atoms with Crippen LogP contribution < -0.4 is 4.74 Å². The molecule has 0 aliphatic rings. The van der Waals surface area contributed by atoms with Crippen molar-refractivity contribution in [3.8, 4) is 5.75 Å². The molecule has 25 heavy (non-hydrogen) atoms. The summed E-state index contributed by atoms with van der Waals surface area (Å²) in [5.41, 5.74) is 0.671. The quantitative estimate of drug-likeness (QED) is 0.556. The van der Waals surface area contributed by atoms with Gasteiger partial charge < -0.3 is 4.74 Å². The number of non-ortho nitro benzene ring substituents is 1. The molecule has 0 saturated heterocycles. The van der Waals surface area contributed by atoms with E-state index in [1.165, 1.54) is 28.6 Å². The number of benzene rings is 2. The van der Waals surface area contributed by atoms with E-state index < -0.39 is 14.9 Å². The van der Waals surface area contributed by atoms with Crippen LogP contribution in [0.3, 0.4) is 0 Å². The van der Waals surface area contributed by atoms with E-state index in [1.54, 1.807) is 45.2 Å². The highest BCUT2D eigenvalue weighted by atomic mass is 32.2. The lowest BCUT2D eigenvalue weighted by molar-refractivity contribution is -0.384. The Morgan fingerprint density at radius 1 is 1.08 bits per heavy atom. The predicted octanol–water partition coefficient (Wildman–Crippen LogP) is 3.20. The second kappa shape index (κ2) is 7.62. The monoisotopic (exact) mass is 364 g/mol. The molecule has 2 rings (SSSR count). The van der Waals surface area contributed by atoms with Gasteiger partial charge in [-0.1, -0.05) is 12.1 Å². The van der Waals surface area contributed by atoms with Gasteiger partial charge in [-0.15, -0.1) is 0 Å². The van der Waals surface area contributed by atoms with Gasteiger partial charge in [0.25, 0.3) is 5.69 Å². The fraction of sp³-hybridized carbons (Fsp3) is 0.294. The van der Waals surface area contributed by atoms with Gasteiger partial charge in [-0.25, -0.2) is 8.42 Å². The Labute approximate surface area is 147 Å². The molecule has 0 aromatic heterocycles. The molecule has 0 bridgehead atoms. The number of nitro groups is 1. The van der Waals surface area contributed by atoms with Gasteiger partial charge in [0.1, 0.15) is 5.75 Å². The number of hydrogen-bond donors (Lipinski definition) is 0. The summed E-state index contributed by atoms with van der Waals surface area (Å²) in [7, 11) is -2.21. The van der Waals surface area contributed by atoms with E-state index in [4.69, 9.17) is 4.74 Å². The normalized spacial score (nSPS) is 11.7. The lowest BCUT2D eigenvalue weighted by Crippen LogP contribution is -2.36. The minimum atomic E-state index is -3.78. The van der Waals surface area contributed by atoms with Crippen LogP contribution in [0.15, 0.2) is 53.4 Å². The van der Waals surface area contributed by atoms with E-state index in [0.717, 1.165) is 5.56 Å². The average molecular weight is 364 g/mol. The molecule has 0 radical (unpaired) electrons. The van der Waals surface area contributed by atoms with Gasteiger partial charge in [0.2, 0.25) is 10.0 Å². The smallest absolute Gasteiger partial charge is 0.269 e. The summed E-state index contributed by atoms with van der Waals surface area (Å²) in [6, 6.07) is 11.8. The summed E-state index contributed by atoms with van der Waals surface area (Å²) in [6.45, 7) is 3.76. The first kappa shape index (κ1) is 18.9. The van der Waals surface area contributed by atoms with Crippen molar-refractivity contribution in [3.05, 3.63) is 64.2 Å². The van der Waals surface area contributed by atoms with E-state index in [1.807, 2.05) is 0 Å². The Morgan fingerprint density at radius 2 is 1.64 bits per heavy atom. The molecule has 8 heteroatoms. The highest BCUT2D eigenvalue weighted by Gasteiger charge is 2.27. The van der Waals surface area contributed by atoms with Crippen LogP contribution in [0.4, 0.5) is 5.69 Å². The van der Waals surface area contributed by atoms with Crippen LogP contribution >= 0.6 is 0 Å². The van der Waals surface area contributed by atoms with Crippen LogP contribution in [0.2, 0.25) is 0 Å². The Bertz CT molecular complexity index is 830. The molecule has 0 amide bonds. The molecule has 0 aliphatic carbocycles.